The van der Waals surface area contributed by atoms with Crippen LogP contribution in [0.1, 0.15) is 54.4 Å². The highest BCUT2D eigenvalue weighted by Gasteiger charge is 2.51. The van der Waals surface area contributed by atoms with Crippen LogP contribution in [0.25, 0.3) is 0 Å². The third kappa shape index (κ3) is 3.93. The number of carbonyl (C=O) groups excluding carboxylic acids is 2. The molecule has 3 aliphatic rings. The number of benzene rings is 1. The number of amides is 2. The molecule has 0 saturated heterocycles. The molecule has 6 nitrogen and oxygen atoms in total. The van der Waals surface area contributed by atoms with Gasteiger partial charge in [0.15, 0.2) is 0 Å². The third-order valence-electron chi connectivity index (χ3n) is 6.73. The number of nitrogens with one attached hydrogen (secondary N) is 2. The minimum absolute atomic E-state index is 0.0121. The van der Waals surface area contributed by atoms with E-state index in [2.05, 4.69) is 10.6 Å². The molecule has 1 aromatic carbocycles. The molecule has 2 amide bonds. The average molecular weight is 396 g/mol. The van der Waals surface area contributed by atoms with E-state index in [1.807, 2.05) is 19.1 Å². The van der Waals surface area contributed by atoms with Gasteiger partial charge in [-0.25, -0.2) is 0 Å². The van der Waals surface area contributed by atoms with Crippen molar-refractivity contribution in [3.63, 3.8) is 0 Å². The number of hydrogen-bond acceptors (Lipinski definition) is 3. The normalized spacial score (nSPS) is 28.3. The molecule has 3 aliphatic carbocycles. The van der Waals surface area contributed by atoms with Gasteiger partial charge in [-0.2, -0.15) is 0 Å². The third-order valence-corrected chi connectivity index (χ3v) is 6.73. The standard InChI is InChI=1S/C23H28N2O4/c1-13-11-16(21(26)24-17-5-3-2-4-6-17)9-10-18(13)25-22(27)19-14-7-8-15(12-14)20(19)23(28)29/h7-11,14-15,17,19-20H,2-6,12H2,1H3,(H,24,26)(H,25,27)(H,28,29). The van der Waals surface area contributed by atoms with E-state index in [1.54, 1.807) is 18.2 Å². The Balaban J connectivity index is 1.43. The first-order chi connectivity index (χ1) is 13.9. The Bertz CT molecular complexity index is 856. The summed E-state index contributed by atoms with van der Waals surface area (Å²) in [6.07, 6.45) is 10.2. The van der Waals surface area contributed by atoms with Crippen molar-refractivity contribution in [1.82, 2.24) is 5.32 Å². The number of carboxylic acids is 1. The SMILES string of the molecule is Cc1cc(C(=O)NC2CCCCC2)ccc1NC(=O)C1C2C=CC(C2)C1C(=O)O. The Morgan fingerprint density at radius 2 is 1.69 bits per heavy atom. The summed E-state index contributed by atoms with van der Waals surface area (Å²) >= 11 is 0. The van der Waals surface area contributed by atoms with Gasteiger partial charge in [0.25, 0.3) is 5.91 Å². The van der Waals surface area contributed by atoms with Crippen molar-refractivity contribution in [2.75, 3.05) is 5.32 Å². The van der Waals surface area contributed by atoms with Crippen molar-refractivity contribution >= 4 is 23.5 Å². The van der Waals surface area contributed by atoms with E-state index in [9.17, 15) is 19.5 Å². The van der Waals surface area contributed by atoms with Crippen LogP contribution in [0.15, 0.2) is 30.4 Å². The van der Waals surface area contributed by atoms with Gasteiger partial charge in [-0.1, -0.05) is 31.4 Å². The molecule has 0 radical (unpaired) electrons. The van der Waals surface area contributed by atoms with Gasteiger partial charge in [0.2, 0.25) is 5.91 Å². The van der Waals surface area contributed by atoms with Crippen LogP contribution in [0.5, 0.6) is 0 Å². The van der Waals surface area contributed by atoms with Crippen molar-refractivity contribution in [3.8, 4) is 0 Å². The monoisotopic (exact) mass is 396 g/mol. The fraction of sp³-hybridized carbons (Fsp3) is 0.522. The molecule has 2 saturated carbocycles. The first-order valence-electron chi connectivity index (χ1n) is 10.6. The van der Waals surface area contributed by atoms with Gasteiger partial charge in [-0.05, 0) is 61.8 Å². The number of rotatable bonds is 5. The summed E-state index contributed by atoms with van der Waals surface area (Å²) < 4.78 is 0. The van der Waals surface area contributed by atoms with Crippen molar-refractivity contribution < 1.29 is 19.5 Å². The van der Waals surface area contributed by atoms with Crippen molar-refractivity contribution in [2.24, 2.45) is 23.7 Å². The van der Waals surface area contributed by atoms with Crippen LogP contribution in [-0.4, -0.2) is 28.9 Å². The van der Waals surface area contributed by atoms with E-state index in [4.69, 9.17) is 0 Å². The molecule has 0 aliphatic heterocycles. The lowest BCUT2D eigenvalue weighted by atomic mass is 9.82. The van der Waals surface area contributed by atoms with Gasteiger partial charge in [-0.3, -0.25) is 14.4 Å². The largest absolute Gasteiger partial charge is 0.481 e. The van der Waals surface area contributed by atoms with Gasteiger partial charge < -0.3 is 15.7 Å². The summed E-state index contributed by atoms with van der Waals surface area (Å²) in [5.41, 5.74) is 2.00. The van der Waals surface area contributed by atoms with E-state index in [-0.39, 0.29) is 29.7 Å². The van der Waals surface area contributed by atoms with E-state index in [1.165, 1.54) is 6.42 Å². The minimum Gasteiger partial charge on any atom is -0.481 e. The van der Waals surface area contributed by atoms with Crippen LogP contribution in [0.2, 0.25) is 0 Å². The summed E-state index contributed by atoms with van der Waals surface area (Å²) in [4.78, 5) is 37.1. The molecule has 29 heavy (non-hydrogen) atoms. The first kappa shape index (κ1) is 19.7. The Morgan fingerprint density at radius 3 is 2.34 bits per heavy atom. The summed E-state index contributed by atoms with van der Waals surface area (Å²) in [6, 6.07) is 5.48. The molecule has 154 valence electrons. The van der Waals surface area contributed by atoms with Gasteiger partial charge in [0.1, 0.15) is 0 Å². The van der Waals surface area contributed by atoms with Crippen LogP contribution >= 0.6 is 0 Å². The second-order valence-electron chi connectivity index (χ2n) is 8.67. The number of aliphatic carboxylic acids is 1. The molecule has 0 spiro atoms. The Morgan fingerprint density at radius 1 is 1.00 bits per heavy atom. The van der Waals surface area contributed by atoms with Gasteiger partial charge >= 0.3 is 5.97 Å². The molecule has 4 atom stereocenters. The smallest absolute Gasteiger partial charge is 0.307 e. The van der Waals surface area contributed by atoms with Crippen LogP contribution in [0, 0.1) is 30.6 Å². The Kier molecular flexibility index (Phi) is 5.43. The topological polar surface area (TPSA) is 95.5 Å². The highest BCUT2D eigenvalue weighted by Crippen LogP contribution is 2.48. The van der Waals surface area contributed by atoms with E-state index >= 15 is 0 Å². The predicted molar refractivity (Wildman–Crippen MR) is 110 cm³/mol. The molecule has 3 N–H and O–H groups in total. The molecule has 6 heteroatoms. The number of hydrogen-bond donors (Lipinski definition) is 3. The van der Waals surface area contributed by atoms with Crippen LogP contribution in [0.4, 0.5) is 5.69 Å². The molecule has 4 rings (SSSR count). The van der Waals surface area contributed by atoms with Crippen LogP contribution in [-0.2, 0) is 9.59 Å². The van der Waals surface area contributed by atoms with Crippen molar-refractivity contribution in [2.45, 2.75) is 51.5 Å². The molecule has 0 aromatic heterocycles. The quantitative estimate of drug-likeness (QED) is 0.664. The van der Waals surface area contributed by atoms with E-state index < -0.39 is 17.8 Å². The predicted octanol–water partition coefficient (Wildman–Crippen LogP) is 3.52. The Hall–Kier alpha value is -2.63. The zero-order chi connectivity index (χ0) is 20.5. The second-order valence-corrected chi connectivity index (χ2v) is 8.67. The molecule has 2 bridgehead atoms. The zero-order valence-corrected chi connectivity index (χ0v) is 16.7. The lowest BCUT2D eigenvalue weighted by Gasteiger charge is -2.24. The molecule has 1 aromatic rings. The highest BCUT2D eigenvalue weighted by molar-refractivity contribution is 5.98. The number of anilines is 1. The van der Waals surface area contributed by atoms with E-state index in [0.717, 1.165) is 37.7 Å². The fourth-order valence-corrected chi connectivity index (χ4v) is 5.19. The van der Waals surface area contributed by atoms with Gasteiger partial charge in [0.05, 0.1) is 11.8 Å². The lowest BCUT2D eigenvalue weighted by Crippen LogP contribution is -2.37. The number of carboxylic acid groups (broad SMARTS) is 1. The maximum atomic E-state index is 12.9. The van der Waals surface area contributed by atoms with Crippen LogP contribution in [0.3, 0.4) is 0 Å². The molecular formula is C23H28N2O4. The molecular weight excluding hydrogens is 368 g/mol. The highest BCUT2D eigenvalue weighted by atomic mass is 16.4. The lowest BCUT2D eigenvalue weighted by molar-refractivity contribution is -0.146. The molecule has 2 fully saturated rings. The van der Waals surface area contributed by atoms with Gasteiger partial charge in [0, 0.05) is 17.3 Å². The van der Waals surface area contributed by atoms with E-state index in [0.29, 0.717) is 11.3 Å². The molecule has 0 heterocycles. The Labute approximate surface area is 170 Å². The molecule has 4 unspecified atom stereocenters. The zero-order valence-electron chi connectivity index (χ0n) is 16.7. The maximum absolute atomic E-state index is 12.9. The maximum Gasteiger partial charge on any atom is 0.307 e. The summed E-state index contributed by atoms with van der Waals surface area (Å²) in [5, 5.41) is 15.6. The summed E-state index contributed by atoms with van der Waals surface area (Å²) in [5.74, 6) is -2.52. The first-order valence-corrected chi connectivity index (χ1v) is 10.6. The minimum atomic E-state index is -0.909. The van der Waals surface area contributed by atoms with Gasteiger partial charge in [-0.15, -0.1) is 0 Å². The van der Waals surface area contributed by atoms with Crippen molar-refractivity contribution in [3.05, 3.63) is 41.5 Å². The number of allylic oxidation sites excluding steroid dienone is 2. The van der Waals surface area contributed by atoms with Crippen molar-refractivity contribution in [1.29, 1.82) is 0 Å². The average Bonchev–Trinajstić information content (AvgIpc) is 3.31. The summed E-state index contributed by atoms with van der Waals surface area (Å²) in [7, 11) is 0. The number of fused-ring (bicyclic) bond motifs is 2. The number of carbonyl (C=O) groups is 3. The summed E-state index contributed by atoms with van der Waals surface area (Å²) in [6.45, 7) is 1.85. The fourth-order valence-electron chi connectivity index (χ4n) is 5.19. The second kappa shape index (κ2) is 8.01. The van der Waals surface area contributed by atoms with Crippen LogP contribution < -0.4 is 10.6 Å². The number of aryl methyl sites for hydroxylation is 1.